The highest BCUT2D eigenvalue weighted by atomic mass is 16.5. The van der Waals surface area contributed by atoms with Crippen molar-refractivity contribution in [1.82, 2.24) is 18.9 Å². The quantitative estimate of drug-likeness (QED) is 0.752. The minimum Gasteiger partial charge on any atom is -0.453 e. The second-order valence-electron chi connectivity index (χ2n) is 8.60. The number of carbonyl (C=O) groups is 1. The molecule has 0 spiro atoms. The van der Waals surface area contributed by atoms with Crippen molar-refractivity contribution < 1.29 is 9.53 Å². The molecule has 4 rings (SSSR count). The first-order valence-electron chi connectivity index (χ1n) is 11.4. The fourth-order valence-electron chi connectivity index (χ4n) is 5.17. The number of unbranched alkanes of at least 4 members (excludes halogenated alkanes) is 1. The van der Waals surface area contributed by atoms with Crippen molar-refractivity contribution in [3.8, 4) is 0 Å². The summed E-state index contributed by atoms with van der Waals surface area (Å²) in [5.74, 6) is 0. The summed E-state index contributed by atoms with van der Waals surface area (Å²) in [5, 5.41) is 0. The Morgan fingerprint density at radius 1 is 1.00 bits per heavy atom. The van der Waals surface area contributed by atoms with Gasteiger partial charge in [-0.2, -0.15) is 0 Å². The monoisotopic (exact) mass is 414 g/mol. The standard InChI is InChI=1S/C23H34N4O3/c1-3-4-13-26-20-7-5-6-8-21(20)27(22(26)28)19-11-14-24(15-12-19)18-9-16-25(17-10-18)23(29)30-2/h5-8,18-19H,3-4,9-17H2,1-2H3. The van der Waals surface area contributed by atoms with E-state index in [0.717, 1.165) is 82.3 Å². The molecule has 1 aromatic heterocycles. The third kappa shape index (κ3) is 4.00. The maximum absolute atomic E-state index is 13.3. The zero-order valence-electron chi connectivity index (χ0n) is 18.3. The number of aromatic nitrogens is 2. The number of carbonyl (C=O) groups excluding carboxylic acids is 1. The molecule has 1 aromatic carbocycles. The van der Waals surface area contributed by atoms with E-state index in [4.69, 9.17) is 4.74 Å². The summed E-state index contributed by atoms with van der Waals surface area (Å²) < 4.78 is 8.87. The highest BCUT2D eigenvalue weighted by Gasteiger charge is 2.31. The average Bonchev–Trinajstić information content (AvgIpc) is 3.08. The van der Waals surface area contributed by atoms with Gasteiger partial charge in [0, 0.05) is 44.8 Å². The predicted octanol–water partition coefficient (Wildman–Crippen LogP) is 3.47. The predicted molar refractivity (Wildman–Crippen MR) is 118 cm³/mol. The maximum atomic E-state index is 13.3. The normalized spacial score (nSPS) is 19.5. The van der Waals surface area contributed by atoms with Crippen molar-refractivity contribution in [3.05, 3.63) is 34.7 Å². The number of likely N-dealkylation sites (tertiary alicyclic amines) is 2. The maximum Gasteiger partial charge on any atom is 0.409 e. The van der Waals surface area contributed by atoms with Crippen molar-refractivity contribution in [2.24, 2.45) is 0 Å². The summed E-state index contributed by atoms with van der Waals surface area (Å²) in [6.45, 7) is 6.50. The molecule has 3 heterocycles. The number of hydrogen-bond donors (Lipinski definition) is 0. The Labute approximate surface area is 178 Å². The molecule has 0 radical (unpaired) electrons. The topological polar surface area (TPSA) is 59.7 Å². The highest BCUT2D eigenvalue weighted by molar-refractivity contribution is 5.76. The molecule has 0 unspecified atom stereocenters. The van der Waals surface area contributed by atoms with Crippen LogP contribution in [0.4, 0.5) is 4.79 Å². The lowest BCUT2D eigenvalue weighted by Crippen LogP contribution is -2.49. The van der Waals surface area contributed by atoms with Crippen molar-refractivity contribution >= 4 is 17.1 Å². The number of rotatable bonds is 5. The molecule has 2 aliphatic heterocycles. The fourth-order valence-corrected chi connectivity index (χ4v) is 5.17. The molecular weight excluding hydrogens is 380 g/mol. The van der Waals surface area contributed by atoms with E-state index in [1.54, 1.807) is 4.90 Å². The fraction of sp³-hybridized carbons (Fsp3) is 0.652. The number of benzene rings is 1. The van der Waals surface area contributed by atoms with E-state index in [-0.39, 0.29) is 17.8 Å². The second-order valence-corrected chi connectivity index (χ2v) is 8.60. The zero-order chi connectivity index (χ0) is 21.1. The number of imidazole rings is 1. The summed E-state index contributed by atoms with van der Waals surface area (Å²) in [6, 6.07) is 9.01. The van der Waals surface area contributed by atoms with Gasteiger partial charge in [-0.05, 0) is 44.2 Å². The molecule has 0 aliphatic carbocycles. The van der Waals surface area contributed by atoms with Gasteiger partial charge in [-0.25, -0.2) is 9.59 Å². The number of fused-ring (bicyclic) bond motifs is 1. The molecule has 0 bridgehead atoms. The van der Waals surface area contributed by atoms with E-state index in [2.05, 4.69) is 28.5 Å². The van der Waals surface area contributed by atoms with Gasteiger partial charge in [-0.1, -0.05) is 25.5 Å². The third-order valence-electron chi connectivity index (χ3n) is 6.88. The largest absolute Gasteiger partial charge is 0.453 e. The van der Waals surface area contributed by atoms with Crippen LogP contribution in [-0.2, 0) is 11.3 Å². The van der Waals surface area contributed by atoms with Crippen LogP contribution in [0, 0.1) is 0 Å². The Morgan fingerprint density at radius 2 is 1.63 bits per heavy atom. The number of amides is 1. The smallest absolute Gasteiger partial charge is 0.409 e. The van der Waals surface area contributed by atoms with Crippen molar-refractivity contribution in [2.45, 2.75) is 64.1 Å². The van der Waals surface area contributed by atoms with Crippen LogP contribution in [0.15, 0.2) is 29.1 Å². The number of hydrogen-bond acceptors (Lipinski definition) is 4. The Hall–Kier alpha value is -2.28. The average molecular weight is 415 g/mol. The second kappa shape index (κ2) is 9.25. The summed E-state index contributed by atoms with van der Waals surface area (Å²) >= 11 is 0. The van der Waals surface area contributed by atoms with E-state index in [1.165, 1.54) is 7.11 Å². The lowest BCUT2D eigenvalue weighted by Gasteiger charge is -2.41. The molecule has 0 saturated carbocycles. The Morgan fingerprint density at radius 3 is 2.27 bits per heavy atom. The number of nitrogens with zero attached hydrogens (tertiary/aromatic N) is 4. The first-order valence-corrected chi connectivity index (χ1v) is 11.4. The van der Waals surface area contributed by atoms with Crippen LogP contribution in [0.25, 0.3) is 11.0 Å². The van der Waals surface area contributed by atoms with E-state index >= 15 is 0 Å². The first-order chi connectivity index (χ1) is 14.6. The lowest BCUT2D eigenvalue weighted by atomic mass is 9.97. The van der Waals surface area contributed by atoms with Crippen LogP contribution in [0.1, 0.15) is 51.5 Å². The van der Waals surface area contributed by atoms with E-state index in [0.29, 0.717) is 6.04 Å². The van der Waals surface area contributed by atoms with Crippen LogP contribution in [0.2, 0.25) is 0 Å². The molecule has 2 saturated heterocycles. The number of methoxy groups -OCH3 is 1. The minimum atomic E-state index is -0.217. The van der Waals surface area contributed by atoms with Crippen molar-refractivity contribution in [1.29, 1.82) is 0 Å². The van der Waals surface area contributed by atoms with E-state index in [1.807, 2.05) is 16.7 Å². The minimum absolute atomic E-state index is 0.148. The summed E-state index contributed by atoms with van der Waals surface area (Å²) in [5.41, 5.74) is 2.28. The Bertz CT molecular complexity index is 918. The third-order valence-corrected chi connectivity index (χ3v) is 6.88. The Balaban J connectivity index is 1.44. The molecule has 0 atom stereocenters. The van der Waals surface area contributed by atoms with Gasteiger partial charge >= 0.3 is 11.8 Å². The van der Waals surface area contributed by atoms with Gasteiger partial charge in [-0.3, -0.25) is 9.13 Å². The number of ether oxygens (including phenoxy) is 1. The molecule has 2 aromatic rings. The molecule has 30 heavy (non-hydrogen) atoms. The molecule has 7 nitrogen and oxygen atoms in total. The SMILES string of the molecule is CCCCn1c(=O)n(C2CCN(C3CCN(C(=O)OC)CC3)CC2)c2ccccc21. The molecule has 2 aliphatic rings. The lowest BCUT2D eigenvalue weighted by molar-refractivity contribution is 0.0685. The van der Waals surface area contributed by atoms with Crippen LogP contribution < -0.4 is 5.69 Å². The number of para-hydroxylation sites is 2. The van der Waals surface area contributed by atoms with Crippen LogP contribution >= 0.6 is 0 Å². The zero-order valence-corrected chi connectivity index (χ0v) is 18.3. The molecule has 2 fully saturated rings. The molecule has 1 amide bonds. The van der Waals surface area contributed by atoms with Gasteiger partial charge in [0.2, 0.25) is 0 Å². The summed E-state index contributed by atoms with van der Waals surface area (Å²) in [4.78, 5) is 29.3. The Kier molecular flexibility index (Phi) is 6.46. The van der Waals surface area contributed by atoms with E-state index in [9.17, 15) is 9.59 Å². The van der Waals surface area contributed by atoms with E-state index < -0.39 is 0 Å². The van der Waals surface area contributed by atoms with Crippen molar-refractivity contribution in [3.63, 3.8) is 0 Å². The van der Waals surface area contributed by atoms with Crippen molar-refractivity contribution in [2.75, 3.05) is 33.3 Å². The summed E-state index contributed by atoms with van der Waals surface area (Å²) in [7, 11) is 1.44. The van der Waals surface area contributed by atoms with Gasteiger partial charge in [-0.15, -0.1) is 0 Å². The molecule has 164 valence electrons. The van der Waals surface area contributed by atoms with Gasteiger partial charge in [0.15, 0.2) is 0 Å². The van der Waals surface area contributed by atoms with Gasteiger partial charge in [0.05, 0.1) is 18.1 Å². The highest BCUT2D eigenvalue weighted by Crippen LogP contribution is 2.29. The van der Waals surface area contributed by atoms with Gasteiger partial charge in [0.25, 0.3) is 0 Å². The van der Waals surface area contributed by atoms with Crippen LogP contribution in [0.5, 0.6) is 0 Å². The molecule has 0 N–H and O–H groups in total. The first kappa shape index (κ1) is 21.0. The van der Waals surface area contributed by atoms with Gasteiger partial charge < -0.3 is 14.5 Å². The number of aryl methyl sites for hydroxylation is 1. The van der Waals surface area contributed by atoms with Gasteiger partial charge in [0.1, 0.15) is 0 Å². The molecule has 7 heteroatoms. The van der Waals surface area contributed by atoms with Crippen LogP contribution in [-0.4, -0.2) is 64.4 Å². The molecular formula is C23H34N4O3. The number of piperidine rings is 2. The van der Waals surface area contributed by atoms with Crippen LogP contribution in [0.3, 0.4) is 0 Å². The summed E-state index contributed by atoms with van der Waals surface area (Å²) in [6.07, 6.45) is 5.88.